The SMILES string of the molecule is CCOC(=O)C1=C(C)N(N(C)S(=O)(=O)c2ccc(C)cc2)C(C)=C(C(=O)OCC)C1CCc1ccccc1. The number of ether oxygens (including phenoxy) is 2. The lowest BCUT2D eigenvalue weighted by Gasteiger charge is -2.41. The molecular weight excluding hydrogens is 504 g/mol. The van der Waals surface area contributed by atoms with Gasteiger partial charge in [0.25, 0.3) is 10.0 Å². The van der Waals surface area contributed by atoms with Crippen LogP contribution in [0.25, 0.3) is 0 Å². The summed E-state index contributed by atoms with van der Waals surface area (Å²) in [5.41, 5.74) is 3.21. The van der Waals surface area contributed by atoms with Crippen LogP contribution in [0, 0.1) is 12.8 Å². The molecule has 0 amide bonds. The van der Waals surface area contributed by atoms with Crippen LogP contribution < -0.4 is 0 Å². The number of esters is 2. The zero-order valence-corrected chi connectivity index (χ0v) is 23.7. The van der Waals surface area contributed by atoms with Crippen LogP contribution in [-0.4, -0.2) is 50.0 Å². The van der Waals surface area contributed by atoms with Crippen LogP contribution in [-0.2, 0) is 35.5 Å². The fourth-order valence-electron chi connectivity index (χ4n) is 4.76. The van der Waals surface area contributed by atoms with Crippen LogP contribution in [0.4, 0.5) is 0 Å². The molecule has 0 bridgehead atoms. The molecule has 0 unspecified atom stereocenters. The van der Waals surface area contributed by atoms with E-state index in [1.54, 1.807) is 39.8 Å². The number of nitrogens with zero attached hydrogens (tertiary/aromatic N) is 2. The molecule has 3 rings (SSSR count). The summed E-state index contributed by atoms with van der Waals surface area (Å²) in [4.78, 5) is 26.8. The van der Waals surface area contributed by atoms with Crippen LogP contribution >= 0.6 is 0 Å². The molecule has 0 N–H and O–H groups in total. The first-order valence-electron chi connectivity index (χ1n) is 12.7. The Hall–Kier alpha value is -3.43. The average Bonchev–Trinajstić information content (AvgIpc) is 2.88. The van der Waals surface area contributed by atoms with Crippen LogP contribution in [0.2, 0.25) is 0 Å². The molecule has 8 nitrogen and oxygen atoms in total. The normalized spacial score (nSPS) is 14.8. The van der Waals surface area contributed by atoms with E-state index in [2.05, 4.69) is 0 Å². The van der Waals surface area contributed by atoms with Crippen molar-refractivity contribution < 1.29 is 27.5 Å². The Labute approximate surface area is 225 Å². The number of hydrogen-bond acceptors (Lipinski definition) is 7. The highest BCUT2D eigenvalue weighted by atomic mass is 32.2. The van der Waals surface area contributed by atoms with Gasteiger partial charge in [-0.2, -0.15) is 0 Å². The number of carbonyl (C=O) groups is 2. The first-order chi connectivity index (χ1) is 18.0. The Morgan fingerprint density at radius 1 is 0.842 bits per heavy atom. The van der Waals surface area contributed by atoms with Crippen molar-refractivity contribution in [3.05, 3.63) is 88.3 Å². The lowest BCUT2D eigenvalue weighted by molar-refractivity contribution is -0.140. The summed E-state index contributed by atoms with van der Waals surface area (Å²) in [7, 11) is -2.63. The summed E-state index contributed by atoms with van der Waals surface area (Å²) < 4.78 is 39.1. The minimum Gasteiger partial charge on any atom is -0.463 e. The Morgan fingerprint density at radius 2 is 1.34 bits per heavy atom. The van der Waals surface area contributed by atoms with Crippen LogP contribution in [0.5, 0.6) is 0 Å². The highest BCUT2D eigenvalue weighted by Gasteiger charge is 2.42. The van der Waals surface area contributed by atoms with Gasteiger partial charge in [-0.25, -0.2) is 18.0 Å². The van der Waals surface area contributed by atoms with Crippen molar-refractivity contribution in [3.8, 4) is 0 Å². The fourth-order valence-corrected chi connectivity index (χ4v) is 6.01. The Kier molecular flexibility index (Phi) is 9.51. The molecule has 1 aliphatic heterocycles. The van der Waals surface area contributed by atoms with Gasteiger partial charge in [-0.05, 0) is 65.2 Å². The highest BCUT2D eigenvalue weighted by molar-refractivity contribution is 7.89. The van der Waals surface area contributed by atoms with Crippen molar-refractivity contribution >= 4 is 22.0 Å². The Balaban J connectivity index is 2.17. The standard InChI is InChI=1S/C29H36N2O6S/c1-7-36-28(32)26-21(4)31(30(6)38(34,35)24-17-14-20(3)15-18-24)22(5)27(29(33)37-8-2)25(26)19-16-23-12-10-9-11-13-23/h9-15,17-18,25H,7-8,16,19H2,1-6H3. The van der Waals surface area contributed by atoms with Gasteiger partial charge in [-0.1, -0.05) is 48.0 Å². The van der Waals surface area contributed by atoms with Crippen LogP contribution in [0.1, 0.15) is 45.2 Å². The van der Waals surface area contributed by atoms with Crippen molar-refractivity contribution in [1.82, 2.24) is 9.42 Å². The van der Waals surface area contributed by atoms with Crippen molar-refractivity contribution in [2.75, 3.05) is 20.3 Å². The van der Waals surface area contributed by atoms with E-state index < -0.39 is 27.9 Å². The second-order valence-electron chi connectivity index (χ2n) is 9.08. The van der Waals surface area contributed by atoms with E-state index in [-0.39, 0.29) is 29.3 Å². The second-order valence-corrected chi connectivity index (χ2v) is 11.0. The molecule has 204 valence electrons. The van der Waals surface area contributed by atoms with Crippen molar-refractivity contribution in [3.63, 3.8) is 0 Å². The largest absolute Gasteiger partial charge is 0.463 e. The average molecular weight is 541 g/mol. The number of aryl methyl sites for hydroxylation is 2. The molecule has 2 aromatic rings. The smallest absolute Gasteiger partial charge is 0.336 e. The quantitative estimate of drug-likeness (QED) is 0.401. The number of allylic oxidation sites excluding steroid dienone is 2. The number of benzene rings is 2. The summed E-state index contributed by atoms with van der Waals surface area (Å²) in [6.07, 6.45) is 1.03. The number of rotatable bonds is 10. The lowest BCUT2D eigenvalue weighted by Crippen LogP contribution is -2.46. The maximum Gasteiger partial charge on any atom is 0.336 e. The first kappa shape index (κ1) is 29.1. The second kappa shape index (κ2) is 12.4. The van der Waals surface area contributed by atoms with E-state index in [0.29, 0.717) is 24.2 Å². The number of hydrazine groups is 1. The predicted molar refractivity (Wildman–Crippen MR) is 145 cm³/mol. The minimum absolute atomic E-state index is 0.0905. The van der Waals surface area contributed by atoms with Crippen LogP contribution in [0.15, 0.2) is 82.0 Å². The molecule has 0 aliphatic carbocycles. The molecule has 38 heavy (non-hydrogen) atoms. The topological polar surface area (TPSA) is 93.2 Å². The first-order valence-corrected chi connectivity index (χ1v) is 14.1. The number of hydrogen-bond donors (Lipinski definition) is 0. The van der Waals surface area contributed by atoms with Gasteiger partial charge in [0.2, 0.25) is 0 Å². The van der Waals surface area contributed by atoms with Gasteiger partial charge in [0, 0.05) is 24.4 Å². The summed E-state index contributed by atoms with van der Waals surface area (Å²) >= 11 is 0. The third kappa shape index (κ3) is 6.00. The molecule has 1 aliphatic rings. The molecule has 2 aromatic carbocycles. The van der Waals surface area contributed by atoms with E-state index in [9.17, 15) is 18.0 Å². The summed E-state index contributed by atoms with van der Waals surface area (Å²) in [5, 5.41) is 1.40. The maximum atomic E-state index is 13.6. The van der Waals surface area contributed by atoms with E-state index in [1.807, 2.05) is 37.3 Å². The Bertz CT molecular complexity index is 1290. The van der Waals surface area contributed by atoms with Gasteiger partial charge >= 0.3 is 11.9 Å². The van der Waals surface area contributed by atoms with Crippen LogP contribution in [0.3, 0.4) is 0 Å². The molecule has 0 atom stereocenters. The summed E-state index contributed by atoms with van der Waals surface area (Å²) in [6, 6.07) is 16.3. The minimum atomic E-state index is -4.03. The Morgan fingerprint density at radius 3 is 1.82 bits per heavy atom. The van der Waals surface area contributed by atoms with Gasteiger partial charge in [0.1, 0.15) is 0 Å². The maximum absolute atomic E-state index is 13.6. The monoisotopic (exact) mass is 540 g/mol. The third-order valence-corrected chi connectivity index (χ3v) is 8.34. The molecule has 1 heterocycles. The van der Waals surface area contributed by atoms with Gasteiger partial charge in [-0.3, -0.25) is 5.01 Å². The molecule has 0 radical (unpaired) electrons. The summed E-state index contributed by atoms with van der Waals surface area (Å²) in [5.74, 6) is -1.83. The van der Waals surface area contributed by atoms with E-state index in [1.165, 1.54) is 24.2 Å². The van der Waals surface area contributed by atoms with E-state index >= 15 is 0 Å². The zero-order valence-electron chi connectivity index (χ0n) is 22.9. The van der Waals surface area contributed by atoms with Crippen molar-refractivity contribution in [1.29, 1.82) is 0 Å². The van der Waals surface area contributed by atoms with Gasteiger partial charge < -0.3 is 9.47 Å². The number of sulfonamides is 1. The lowest BCUT2D eigenvalue weighted by atomic mass is 9.81. The number of carbonyl (C=O) groups excluding carboxylic acids is 2. The molecule has 9 heteroatoms. The predicted octanol–water partition coefficient (Wildman–Crippen LogP) is 4.77. The fraction of sp³-hybridized carbons (Fsp3) is 0.379. The summed E-state index contributed by atoms with van der Waals surface area (Å²) in [6.45, 7) is 8.90. The van der Waals surface area contributed by atoms with Gasteiger partial charge in [-0.15, -0.1) is 4.41 Å². The third-order valence-electron chi connectivity index (χ3n) is 6.62. The molecule has 0 spiro atoms. The molecular formula is C29H36N2O6S. The van der Waals surface area contributed by atoms with E-state index in [4.69, 9.17) is 9.47 Å². The molecule has 0 aromatic heterocycles. The molecule has 0 saturated heterocycles. The zero-order chi connectivity index (χ0) is 28.0. The van der Waals surface area contributed by atoms with Gasteiger partial charge in [0.15, 0.2) is 0 Å². The van der Waals surface area contributed by atoms with Crippen molar-refractivity contribution in [2.24, 2.45) is 5.92 Å². The highest BCUT2D eigenvalue weighted by Crippen LogP contribution is 2.40. The van der Waals surface area contributed by atoms with E-state index in [0.717, 1.165) is 15.5 Å². The molecule has 0 fully saturated rings. The molecule has 0 saturated carbocycles. The van der Waals surface area contributed by atoms with Gasteiger partial charge in [0.05, 0.1) is 29.3 Å². The van der Waals surface area contributed by atoms with Crippen molar-refractivity contribution in [2.45, 2.75) is 52.4 Å².